The van der Waals surface area contributed by atoms with Gasteiger partial charge in [0.2, 0.25) is 0 Å². The number of nitrogens with zero attached hydrogens (tertiary/aromatic N) is 1. The van der Waals surface area contributed by atoms with Gasteiger partial charge in [0.15, 0.2) is 0 Å². The summed E-state index contributed by atoms with van der Waals surface area (Å²) in [5.41, 5.74) is 0. The maximum atomic E-state index is 8.68. The smallest absolute Gasteiger partial charge is 0.139 e. The van der Waals surface area contributed by atoms with Crippen molar-refractivity contribution in [3.05, 3.63) is 12.3 Å². The molecule has 0 bridgehead atoms. The molecule has 0 aliphatic heterocycles. The number of aliphatic hydroxyl groups excluding tert-OH is 1. The van der Waals surface area contributed by atoms with Crippen LogP contribution in [0.15, 0.2) is 12.3 Å². The summed E-state index contributed by atoms with van der Waals surface area (Å²) in [6.07, 6.45) is 0. The zero-order chi connectivity index (χ0) is 6.78. The molecule has 0 spiro atoms. The number of hydrogen-bond donors (Lipinski definition) is 1. The molecule has 0 saturated carbocycles. The van der Waals surface area contributed by atoms with Crippen LogP contribution < -0.4 is 0 Å². The molecule has 0 rings (SSSR count). The van der Waals surface area contributed by atoms with Gasteiger partial charge in [0, 0.05) is 0 Å². The lowest BCUT2D eigenvalue weighted by molar-refractivity contribution is -0.866. The summed E-state index contributed by atoms with van der Waals surface area (Å²) in [5, 5.41) is 8.68. The molecule has 0 unspecified atom stereocenters. The highest BCUT2D eigenvalue weighted by Crippen LogP contribution is 1.93. The van der Waals surface area contributed by atoms with Crippen LogP contribution in [0.1, 0.15) is 0 Å². The van der Waals surface area contributed by atoms with Crippen LogP contribution in [0.4, 0.5) is 0 Å². The van der Waals surface area contributed by atoms with Crippen molar-refractivity contribution in [2.24, 2.45) is 0 Å². The molecular formula is C6H15NO2. The molecule has 0 heterocycles. The van der Waals surface area contributed by atoms with Crippen molar-refractivity contribution < 1.29 is 15.1 Å². The molecule has 0 radical (unpaired) electrons. The van der Waals surface area contributed by atoms with Crippen LogP contribution in [0.3, 0.4) is 0 Å². The molecule has 56 valence electrons. The second-order valence-electron chi connectivity index (χ2n) is 3.01. The van der Waals surface area contributed by atoms with Gasteiger partial charge in [-0.15, -0.1) is 0 Å². The quantitative estimate of drug-likeness (QED) is 0.442. The van der Waals surface area contributed by atoms with Crippen LogP contribution >= 0.6 is 0 Å². The first-order valence-electron chi connectivity index (χ1n) is 2.59. The van der Waals surface area contributed by atoms with E-state index < -0.39 is 0 Å². The average Bonchev–Trinajstić information content (AvgIpc) is 1.21. The molecular weight excluding hydrogens is 118 g/mol. The Morgan fingerprint density at radius 3 is 1.78 bits per heavy atom. The molecule has 0 atom stereocenters. The molecule has 3 heteroatoms. The molecule has 0 aliphatic carbocycles. The van der Waals surface area contributed by atoms with E-state index in [9.17, 15) is 0 Å². The first kappa shape index (κ1) is 11.3. The van der Waals surface area contributed by atoms with Gasteiger partial charge in [-0.05, 0) is 0 Å². The lowest BCUT2D eigenvalue weighted by Crippen LogP contribution is -2.35. The van der Waals surface area contributed by atoms with Crippen LogP contribution in [0.25, 0.3) is 0 Å². The van der Waals surface area contributed by atoms with Crippen molar-refractivity contribution in [2.75, 3.05) is 27.7 Å². The maximum Gasteiger partial charge on any atom is 0.139 e. The number of rotatable bonds is 2. The highest BCUT2D eigenvalue weighted by molar-refractivity contribution is 4.76. The van der Waals surface area contributed by atoms with Gasteiger partial charge < -0.3 is 15.1 Å². The fourth-order valence-corrected chi connectivity index (χ4v) is 0.548. The lowest BCUT2D eigenvalue weighted by Gasteiger charge is -2.22. The summed E-state index contributed by atoms with van der Waals surface area (Å²) >= 11 is 0. The zero-order valence-electron chi connectivity index (χ0n) is 6.26. The van der Waals surface area contributed by atoms with E-state index in [-0.39, 0.29) is 11.2 Å². The Hall–Kier alpha value is -0.540. The van der Waals surface area contributed by atoms with Gasteiger partial charge in [-0.1, -0.05) is 6.58 Å². The van der Waals surface area contributed by atoms with E-state index in [1.807, 2.05) is 21.1 Å². The minimum atomic E-state index is 0. The van der Waals surface area contributed by atoms with Gasteiger partial charge in [-0.3, -0.25) is 0 Å². The predicted octanol–water partition coefficient (Wildman–Crippen LogP) is 0.587. The molecule has 2 N–H and O–H groups in total. The monoisotopic (exact) mass is 133 g/mol. The SMILES string of the molecule is C=C(O)C[N+](C)(C)C.[OH-]. The van der Waals surface area contributed by atoms with Gasteiger partial charge in [0.25, 0.3) is 0 Å². The summed E-state index contributed by atoms with van der Waals surface area (Å²) in [4.78, 5) is 0. The summed E-state index contributed by atoms with van der Waals surface area (Å²) in [6, 6.07) is 0. The van der Waals surface area contributed by atoms with Crippen LogP contribution in [0, 0.1) is 0 Å². The predicted molar refractivity (Wildman–Crippen MR) is 36.6 cm³/mol. The highest BCUT2D eigenvalue weighted by Gasteiger charge is 2.06. The van der Waals surface area contributed by atoms with Crippen molar-refractivity contribution >= 4 is 0 Å². The Bertz CT molecular complexity index is 93.7. The Morgan fingerprint density at radius 2 is 1.78 bits per heavy atom. The van der Waals surface area contributed by atoms with Gasteiger partial charge in [-0.2, -0.15) is 0 Å². The van der Waals surface area contributed by atoms with Crippen LogP contribution in [-0.4, -0.2) is 42.8 Å². The largest absolute Gasteiger partial charge is 0.870 e. The van der Waals surface area contributed by atoms with Crippen LogP contribution in [-0.2, 0) is 0 Å². The van der Waals surface area contributed by atoms with Crippen molar-refractivity contribution in [3.63, 3.8) is 0 Å². The third kappa shape index (κ3) is 11.2. The zero-order valence-corrected chi connectivity index (χ0v) is 6.26. The van der Waals surface area contributed by atoms with Crippen LogP contribution in [0.5, 0.6) is 0 Å². The van der Waals surface area contributed by atoms with E-state index in [1.54, 1.807) is 0 Å². The van der Waals surface area contributed by atoms with E-state index in [1.165, 1.54) is 0 Å². The second-order valence-corrected chi connectivity index (χ2v) is 3.01. The minimum absolute atomic E-state index is 0. The molecule has 0 fully saturated rings. The molecule has 0 amide bonds. The second kappa shape index (κ2) is 3.48. The van der Waals surface area contributed by atoms with E-state index in [4.69, 9.17) is 5.11 Å². The van der Waals surface area contributed by atoms with Crippen molar-refractivity contribution in [3.8, 4) is 0 Å². The fourth-order valence-electron chi connectivity index (χ4n) is 0.548. The molecule has 9 heavy (non-hydrogen) atoms. The average molecular weight is 133 g/mol. The topological polar surface area (TPSA) is 50.2 Å². The maximum absolute atomic E-state index is 8.68. The molecule has 0 saturated heterocycles. The molecule has 3 nitrogen and oxygen atoms in total. The molecule has 0 aromatic heterocycles. The van der Waals surface area contributed by atoms with Crippen LogP contribution in [0.2, 0.25) is 0 Å². The van der Waals surface area contributed by atoms with Gasteiger partial charge in [-0.25, -0.2) is 0 Å². The number of aliphatic hydroxyl groups is 1. The normalized spacial score (nSPS) is 10.1. The summed E-state index contributed by atoms with van der Waals surface area (Å²) in [5.74, 6) is 0.248. The Balaban J connectivity index is 0. The van der Waals surface area contributed by atoms with Crippen molar-refractivity contribution in [2.45, 2.75) is 0 Å². The molecule has 0 aromatic rings. The van der Waals surface area contributed by atoms with Gasteiger partial charge in [0.05, 0.1) is 21.1 Å². The minimum Gasteiger partial charge on any atom is -0.870 e. The summed E-state index contributed by atoms with van der Waals surface area (Å²) in [6.45, 7) is 4.01. The van der Waals surface area contributed by atoms with E-state index in [0.717, 1.165) is 4.48 Å². The van der Waals surface area contributed by atoms with Gasteiger partial charge >= 0.3 is 0 Å². The lowest BCUT2D eigenvalue weighted by atomic mass is 10.5. The number of quaternary nitrogens is 1. The fraction of sp³-hybridized carbons (Fsp3) is 0.667. The van der Waals surface area contributed by atoms with Crippen molar-refractivity contribution in [1.29, 1.82) is 0 Å². The Kier molecular flexibility index (Phi) is 4.36. The molecule has 0 aromatic carbocycles. The third-order valence-corrected chi connectivity index (χ3v) is 0.657. The van der Waals surface area contributed by atoms with Gasteiger partial charge in [0.1, 0.15) is 12.3 Å². The third-order valence-electron chi connectivity index (χ3n) is 0.657. The van der Waals surface area contributed by atoms with E-state index >= 15 is 0 Å². The first-order valence-corrected chi connectivity index (χ1v) is 2.59. The van der Waals surface area contributed by atoms with E-state index in [2.05, 4.69) is 6.58 Å². The first-order chi connectivity index (χ1) is 3.42. The Labute approximate surface area is 56.1 Å². The van der Waals surface area contributed by atoms with E-state index in [0.29, 0.717) is 6.54 Å². The standard InChI is InChI=1S/C6H13NO.H2O/c1-6(8)5-7(2,3)4;/h1,5H2,2-4H3;1H2. The van der Waals surface area contributed by atoms with Crippen molar-refractivity contribution in [1.82, 2.24) is 0 Å². The summed E-state index contributed by atoms with van der Waals surface area (Å²) in [7, 11) is 6.00. The number of likely N-dealkylation sites (N-methyl/N-ethyl adjacent to an activating group) is 1. The highest BCUT2D eigenvalue weighted by atomic mass is 16.3. The number of hydrogen-bond acceptors (Lipinski definition) is 2. The summed E-state index contributed by atoms with van der Waals surface area (Å²) < 4.78 is 0.731. The molecule has 0 aliphatic rings. The Morgan fingerprint density at radius 1 is 1.44 bits per heavy atom.